The first-order valence-corrected chi connectivity index (χ1v) is 8.70. The van der Waals surface area contributed by atoms with E-state index in [0.717, 1.165) is 18.7 Å². The number of aliphatic imine (C=N–C) groups is 1. The van der Waals surface area contributed by atoms with E-state index in [4.69, 9.17) is 0 Å². The lowest BCUT2D eigenvalue weighted by Gasteiger charge is -2.13. The predicted molar refractivity (Wildman–Crippen MR) is 104 cm³/mol. The van der Waals surface area contributed by atoms with Gasteiger partial charge in [-0.2, -0.15) is 11.8 Å². The maximum Gasteiger partial charge on any atom is 0.573 e. The number of hydrogen-bond acceptors (Lipinski definition) is 3. The third kappa shape index (κ3) is 10.1. The first-order chi connectivity index (χ1) is 11.0. The van der Waals surface area contributed by atoms with E-state index in [1.54, 1.807) is 23.9 Å². The molecule has 4 nitrogen and oxygen atoms in total. The van der Waals surface area contributed by atoms with Crippen molar-refractivity contribution in [1.82, 2.24) is 10.6 Å². The van der Waals surface area contributed by atoms with Gasteiger partial charge < -0.3 is 15.4 Å². The smallest absolute Gasteiger partial charge is 0.405 e. The van der Waals surface area contributed by atoms with E-state index >= 15 is 0 Å². The lowest BCUT2D eigenvalue weighted by atomic mass is 10.2. The van der Waals surface area contributed by atoms with Crippen LogP contribution in [0.15, 0.2) is 29.3 Å². The predicted octanol–water partition coefficient (Wildman–Crippen LogP) is 4.01. The van der Waals surface area contributed by atoms with Crippen LogP contribution in [0.1, 0.15) is 18.9 Å². The van der Waals surface area contributed by atoms with Gasteiger partial charge in [0.15, 0.2) is 5.96 Å². The Bertz CT molecular complexity index is 501. The molecule has 0 unspecified atom stereocenters. The van der Waals surface area contributed by atoms with Gasteiger partial charge >= 0.3 is 6.36 Å². The molecule has 2 N–H and O–H groups in total. The molecule has 1 aromatic carbocycles. The van der Waals surface area contributed by atoms with Gasteiger partial charge in [-0.25, -0.2) is 4.99 Å². The zero-order valence-corrected chi connectivity index (χ0v) is 16.8. The van der Waals surface area contributed by atoms with E-state index in [2.05, 4.69) is 20.4 Å². The van der Waals surface area contributed by atoms with Crippen molar-refractivity contribution in [2.75, 3.05) is 25.1 Å². The quantitative estimate of drug-likeness (QED) is 0.257. The highest BCUT2D eigenvalue weighted by Crippen LogP contribution is 2.26. The number of thioether (sulfide) groups is 1. The van der Waals surface area contributed by atoms with Gasteiger partial charge in [0.25, 0.3) is 0 Å². The van der Waals surface area contributed by atoms with Gasteiger partial charge in [0, 0.05) is 18.7 Å². The maximum atomic E-state index is 12.4. The fourth-order valence-electron chi connectivity index (χ4n) is 1.79. The summed E-state index contributed by atoms with van der Waals surface area (Å²) in [6, 6.07) is 6.02. The van der Waals surface area contributed by atoms with Crippen LogP contribution in [0.5, 0.6) is 5.75 Å². The molecule has 0 saturated carbocycles. The monoisotopic (exact) mass is 477 g/mol. The van der Waals surface area contributed by atoms with Crippen LogP contribution in [0.3, 0.4) is 0 Å². The molecule has 0 amide bonds. The van der Waals surface area contributed by atoms with Crippen molar-refractivity contribution in [1.29, 1.82) is 0 Å². The number of hydrogen-bond donors (Lipinski definition) is 2. The van der Waals surface area contributed by atoms with Crippen molar-refractivity contribution in [2.24, 2.45) is 4.99 Å². The van der Waals surface area contributed by atoms with Gasteiger partial charge in [0.1, 0.15) is 5.75 Å². The van der Waals surface area contributed by atoms with Crippen molar-refractivity contribution < 1.29 is 17.9 Å². The van der Waals surface area contributed by atoms with Crippen molar-refractivity contribution in [3.8, 4) is 5.75 Å². The standard InChI is InChI=1S/C15H22F3N3OS.HI/c1-3-19-14(20-9-6-10-23-2)21-11-12-7-4-5-8-13(12)22-15(16,17)18;/h4-5,7-8H,3,6,9-11H2,1-2H3,(H2,19,20,21);1H. The normalized spacial score (nSPS) is 11.6. The Hall–Kier alpha value is -0.840. The van der Waals surface area contributed by atoms with Crippen molar-refractivity contribution in [2.45, 2.75) is 26.3 Å². The molecule has 24 heavy (non-hydrogen) atoms. The molecule has 1 rings (SSSR count). The molecule has 0 spiro atoms. The molecule has 0 fully saturated rings. The van der Waals surface area contributed by atoms with E-state index in [0.29, 0.717) is 18.1 Å². The van der Waals surface area contributed by atoms with Gasteiger partial charge in [-0.1, -0.05) is 18.2 Å². The average molecular weight is 477 g/mol. The van der Waals surface area contributed by atoms with Crippen LogP contribution in [-0.4, -0.2) is 37.4 Å². The van der Waals surface area contributed by atoms with Crippen LogP contribution in [0.2, 0.25) is 0 Å². The molecule has 138 valence electrons. The molecule has 0 heterocycles. The Morgan fingerprint density at radius 2 is 1.96 bits per heavy atom. The molecule has 0 aliphatic heterocycles. The number of benzene rings is 1. The molecule has 9 heteroatoms. The van der Waals surface area contributed by atoms with Crippen LogP contribution < -0.4 is 15.4 Å². The molecule has 0 atom stereocenters. The zero-order valence-electron chi connectivity index (χ0n) is 13.7. The Labute approximate surface area is 162 Å². The largest absolute Gasteiger partial charge is 0.573 e. The van der Waals surface area contributed by atoms with E-state index in [9.17, 15) is 13.2 Å². The summed E-state index contributed by atoms with van der Waals surface area (Å²) in [6.07, 6.45) is -1.68. The first kappa shape index (κ1) is 23.2. The fourth-order valence-corrected chi connectivity index (χ4v) is 2.22. The number of halogens is 4. The third-order valence-electron chi connectivity index (χ3n) is 2.77. The Morgan fingerprint density at radius 1 is 1.25 bits per heavy atom. The molecule has 0 radical (unpaired) electrons. The molecular weight excluding hydrogens is 454 g/mol. The summed E-state index contributed by atoms with van der Waals surface area (Å²) in [5, 5.41) is 6.22. The SMILES string of the molecule is CCNC(=NCc1ccccc1OC(F)(F)F)NCCCSC.I. The third-order valence-corrected chi connectivity index (χ3v) is 3.46. The van der Waals surface area contributed by atoms with Crippen molar-refractivity contribution in [3.05, 3.63) is 29.8 Å². The number of rotatable bonds is 8. The summed E-state index contributed by atoms with van der Waals surface area (Å²) < 4.78 is 41.2. The number of ether oxygens (including phenoxy) is 1. The summed E-state index contributed by atoms with van der Waals surface area (Å²) in [5.41, 5.74) is 0.381. The van der Waals surface area contributed by atoms with Gasteiger partial charge in [0.2, 0.25) is 0 Å². The summed E-state index contributed by atoms with van der Waals surface area (Å²) in [6.45, 7) is 3.46. The van der Waals surface area contributed by atoms with Crippen LogP contribution in [0.4, 0.5) is 13.2 Å². The topological polar surface area (TPSA) is 45.7 Å². The molecule has 1 aromatic rings. The number of guanidine groups is 1. The van der Waals surface area contributed by atoms with Crippen molar-refractivity contribution >= 4 is 41.7 Å². The van der Waals surface area contributed by atoms with Crippen LogP contribution in [0.25, 0.3) is 0 Å². The van der Waals surface area contributed by atoms with Gasteiger partial charge in [-0.15, -0.1) is 37.1 Å². The second kappa shape index (κ2) is 12.5. The second-order valence-electron chi connectivity index (χ2n) is 4.62. The van der Waals surface area contributed by atoms with Crippen LogP contribution in [-0.2, 0) is 6.54 Å². The molecule has 0 aliphatic rings. The minimum atomic E-state index is -4.71. The fraction of sp³-hybridized carbons (Fsp3) is 0.533. The summed E-state index contributed by atoms with van der Waals surface area (Å²) >= 11 is 1.76. The molecule has 0 aromatic heterocycles. The maximum absolute atomic E-state index is 12.4. The lowest BCUT2D eigenvalue weighted by molar-refractivity contribution is -0.274. The summed E-state index contributed by atoms with van der Waals surface area (Å²) in [7, 11) is 0. The number of para-hydroxylation sites is 1. The highest BCUT2D eigenvalue weighted by molar-refractivity contribution is 14.0. The molecule has 0 saturated heterocycles. The van der Waals surface area contributed by atoms with Crippen LogP contribution >= 0.6 is 35.7 Å². The Kier molecular flexibility index (Phi) is 12.1. The second-order valence-corrected chi connectivity index (χ2v) is 5.61. The van der Waals surface area contributed by atoms with Crippen molar-refractivity contribution in [3.63, 3.8) is 0 Å². The van der Waals surface area contributed by atoms with Crippen LogP contribution in [0, 0.1) is 0 Å². The lowest BCUT2D eigenvalue weighted by Crippen LogP contribution is -2.37. The number of nitrogens with zero attached hydrogens (tertiary/aromatic N) is 1. The van der Waals surface area contributed by atoms with Gasteiger partial charge in [-0.05, 0) is 31.4 Å². The van der Waals surface area contributed by atoms with Gasteiger partial charge in [0.05, 0.1) is 6.54 Å². The van der Waals surface area contributed by atoms with E-state index in [1.165, 1.54) is 12.1 Å². The molecular formula is C15H23F3IN3OS. The highest BCUT2D eigenvalue weighted by Gasteiger charge is 2.31. The number of nitrogens with one attached hydrogen (secondary N) is 2. The minimum absolute atomic E-state index is 0. The van der Waals surface area contributed by atoms with E-state index in [1.807, 2.05) is 13.2 Å². The molecule has 0 bridgehead atoms. The zero-order chi connectivity index (χ0) is 17.1. The van der Waals surface area contributed by atoms with Gasteiger partial charge in [-0.3, -0.25) is 0 Å². The van der Waals surface area contributed by atoms with E-state index < -0.39 is 6.36 Å². The number of alkyl halides is 3. The average Bonchev–Trinajstić information content (AvgIpc) is 2.49. The first-order valence-electron chi connectivity index (χ1n) is 7.31. The minimum Gasteiger partial charge on any atom is -0.405 e. The summed E-state index contributed by atoms with van der Waals surface area (Å²) in [4.78, 5) is 4.31. The Morgan fingerprint density at radius 3 is 2.58 bits per heavy atom. The molecule has 0 aliphatic carbocycles. The summed E-state index contributed by atoms with van der Waals surface area (Å²) in [5.74, 6) is 1.40. The highest BCUT2D eigenvalue weighted by atomic mass is 127. The Balaban J connectivity index is 0.00000529. The van der Waals surface area contributed by atoms with E-state index in [-0.39, 0.29) is 36.3 Å².